The van der Waals surface area contributed by atoms with E-state index in [1.165, 1.54) is 25.3 Å². The highest BCUT2D eigenvalue weighted by Gasteiger charge is 2.33. The molecule has 1 aromatic carbocycles. The van der Waals surface area contributed by atoms with E-state index >= 15 is 0 Å². The molecule has 0 bridgehead atoms. The molecule has 0 atom stereocenters. The lowest BCUT2D eigenvalue weighted by Gasteiger charge is -2.23. The normalized spacial score (nSPS) is 11.3. The molecule has 154 valence electrons. The smallest absolute Gasteiger partial charge is 0.435 e. The van der Waals surface area contributed by atoms with E-state index in [9.17, 15) is 18.0 Å². The van der Waals surface area contributed by atoms with Gasteiger partial charge >= 0.3 is 6.18 Å². The number of hydrogen-bond donors (Lipinski definition) is 0. The van der Waals surface area contributed by atoms with Crippen molar-refractivity contribution in [2.45, 2.75) is 12.7 Å². The summed E-state index contributed by atoms with van der Waals surface area (Å²) in [6, 6.07) is 5.75. The van der Waals surface area contributed by atoms with Gasteiger partial charge in [-0.05, 0) is 18.2 Å². The molecule has 0 saturated carbocycles. The quantitative estimate of drug-likeness (QED) is 0.424. The van der Waals surface area contributed by atoms with E-state index in [1.54, 1.807) is 18.2 Å². The third-order valence-electron chi connectivity index (χ3n) is 3.54. The number of anilines is 1. The predicted octanol–water partition coefficient (Wildman–Crippen LogP) is 2.53. The van der Waals surface area contributed by atoms with Crippen molar-refractivity contribution >= 4 is 12.1 Å². The van der Waals surface area contributed by atoms with Gasteiger partial charge in [0, 0.05) is 27.0 Å². The second-order valence-electron chi connectivity index (χ2n) is 5.47. The van der Waals surface area contributed by atoms with Gasteiger partial charge in [-0.1, -0.05) is 6.07 Å². The van der Waals surface area contributed by atoms with E-state index in [2.05, 4.69) is 5.10 Å². The van der Waals surface area contributed by atoms with Crippen LogP contribution in [0.3, 0.4) is 0 Å². The van der Waals surface area contributed by atoms with Gasteiger partial charge in [-0.25, -0.2) is 0 Å². The lowest BCUT2D eigenvalue weighted by Crippen LogP contribution is -2.27. The summed E-state index contributed by atoms with van der Waals surface area (Å²) in [4.78, 5) is 12.9. The molecule has 1 heterocycles. The molecule has 0 unspecified atom stereocenters. The first kappa shape index (κ1) is 21.5. The number of hydrogen-bond acceptors (Lipinski definition) is 6. The first-order chi connectivity index (χ1) is 13.4. The van der Waals surface area contributed by atoms with Gasteiger partial charge in [-0.15, -0.1) is 0 Å². The van der Waals surface area contributed by atoms with E-state index in [4.69, 9.17) is 18.9 Å². The van der Waals surface area contributed by atoms with Crippen molar-refractivity contribution in [1.29, 1.82) is 0 Å². The van der Waals surface area contributed by atoms with E-state index in [0.29, 0.717) is 23.6 Å². The minimum Gasteiger partial charge on any atom is -0.465 e. The zero-order chi connectivity index (χ0) is 20.6. The summed E-state index contributed by atoms with van der Waals surface area (Å²) in [5, 5.41) is 3.47. The fraction of sp³-hybridized carbons (Fsp3) is 0.412. The molecule has 0 radical (unpaired) electrons. The number of carbonyl (C=O) groups excluding carboxylic acids is 1. The van der Waals surface area contributed by atoms with Crippen LogP contribution < -0.4 is 14.4 Å². The lowest BCUT2D eigenvalue weighted by atomic mass is 10.2. The predicted molar refractivity (Wildman–Crippen MR) is 92.1 cm³/mol. The monoisotopic (exact) mass is 403 g/mol. The van der Waals surface area contributed by atoms with Crippen LogP contribution in [0.5, 0.6) is 11.5 Å². The number of nitrogens with zero attached hydrogens (tertiary/aromatic N) is 3. The number of halogens is 3. The van der Waals surface area contributed by atoms with Crippen LogP contribution in [0.2, 0.25) is 0 Å². The number of methoxy groups -OCH3 is 2. The van der Waals surface area contributed by atoms with Crippen LogP contribution in [-0.4, -0.2) is 50.5 Å². The van der Waals surface area contributed by atoms with Crippen molar-refractivity contribution in [2.24, 2.45) is 0 Å². The third kappa shape index (κ3) is 5.60. The molecule has 1 amide bonds. The second kappa shape index (κ2) is 9.95. The fourth-order valence-corrected chi connectivity index (χ4v) is 2.33. The third-order valence-corrected chi connectivity index (χ3v) is 3.54. The number of aromatic nitrogens is 2. The zero-order valence-electron chi connectivity index (χ0n) is 15.3. The van der Waals surface area contributed by atoms with Gasteiger partial charge in [-0.2, -0.15) is 18.3 Å². The van der Waals surface area contributed by atoms with Crippen LogP contribution in [0, 0.1) is 0 Å². The van der Waals surface area contributed by atoms with E-state index in [-0.39, 0.29) is 26.7 Å². The second-order valence-corrected chi connectivity index (χ2v) is 5.47. The van der Waals surface area contributed by atoms with Crippen molar-refractivity contribution in [3.8, 4) is 11.5 Å². The maximum absolute atomic E-state index is 12.7. The number of rotatable bonds is 11. The molecule has 28 heavy (non-hydrogen) atoms. The Hall–Kier alpha value is -2.79. The van der Waals surface area contributed by atoms with E-state index < -0.39 is 11.9 Å². The molecule has 8 nitrogen and oxygen atoms in total. The average Bonchev–Trinajstić information content (AvgIpc) is 3.15. The molecule has 2 rings (SSSR count). The first-order valence-corrected chi connectivity index (χ1v) is 8.09. The molecule has 0 aliphatic carbocycles. The molecule has 11 heteroatoms. The van der Waals surface area contributed by atoms with Crippen LogP contribution in [-0.2, 0) is 27.0 Å². The summed E-state index contributed by atoms with van der Waals surface area (Å²) in [5.74, 6) is 0.609. The van der Waals surface area contributed by atoms with Gasteiger partial charge < -0.3 is 23.8 Å². The van der Waals surface area contributed by atoms with Gasteiger partial charge in [0.25, 0.3) is 0 Å². The Morgan fingerprint density at radius 2 is 1.71 bits per heavy atom. The maximum atomic E-state index is 12.7. The van der Waals surface area contributed by atoms with Crippen LogP contribution in [0.4, 0.5) is 18.9 Å². The van der Waals surface area contributed by atoms with Crippen molar-refractivity contribution in [3.63, 3.8) is 0 Å². The number of ether oxygens (including phenoxy) is 4. The molecule has 0 aliphatic rings. The summed E-state index contributed by atoms with van der Waals surface area (Å²) in [5.41, 5.74) is -0.701. The van der Waals surface area contributed by atoms with Gasteiger partial charge in [0.05, 0.1) is 6.54 Å². The summed E-state index contributed by atoms with van der Waals surface area (Å²) in [7, 11) is 2.89. The Morgan fingerprint density at radius 3 is 2.18 bits per heavy atom. The molecule has 0 saturated heterocycles. The van der Waals surface area contributed by atoms with Crippen LogP contribution in [0.1, 0.15) is 5.69 Å². The molecular weight excluding hydrogens is 383 g/mol. The Labute approximate surface area is 159 Å². The van der Waals surface area contributed by atoms with Crippen molar-refractivity contribution in [3.05, 3.63) is 36.2 Å². The van der Waals surface area contributed by atoms with Crippen molar-refractivity contribution in [1.82, 2.24) is 9.78 Å². The highest BCUT2D eigenvalue weighted by Crippen LogP contribution is 2.37. The van der Waals surface area contributed by atoms with Crippen LogP contribution in [0.15, 0.2) is 30.5 Å². The highest BCUT2D eigenvalue weighted by atomic mass is 19.4. The number of carbonyl (C=O) groups is 1. The Bertz CT molecular complexity index is 740. The van der Waals surface area contributed by atoms with Crippen molar-refractivity contribution < 1.29 is 36.9 Å². The Kier molecular flexibility index (Phi) is 7.64. The van der Waals surface area contributed by atoms with Crippen LogP contribution >= 0.6 is 0 Å². The molecule has 0 N–H and O–H groups in total. The summed E-state index contributed by atoms with van der Waals surface area (Å²) < 4.78 is 59.8. The maximum Gasteiger partial charge on any atom is 0.435 e. The van der Waals surface area contributed by atoms with Crippen LogP contribution in [0.25, 0.3) is 0 Å². The molecule has 2 aromatic rings. The summed E-state index contributed by atoms with van der Waals surface area (Å²) in [6.07, 6.45) is -2.80. The number of para-hydroxylation sites is 1. The molecule has 0 spiro atoms. The van der Waals surface area contributed by atoms with E-state index in [1.807, 2.05) is 0 Å². The summed E-state index contributed by atoms with van der Waals surface area (Å²) in [6.45, 7) is -0.0839. The number of amides is 1. The zero-order valence-corrected chi connectivity index (χ0v) is 15.3. The van der Waals surface area contributed by atoms with Gasteiger partial charge in [0.15, 0.2) is 19.3 Å². The average molecular weight is 403 g/mol. The van der Waals surface area contributed by atoms with Crippen molar-refractivity contribution in [2.75, 3.05) is 39.3 Å². The Morgan fingerprint density at radius 1 is 1.11 bits per heavy atom. The Balaban J connectivity index is 2.23. The lowest BCUT2D eigenvalue weighted by molar-refractivity contribution is -0.141. The highest BCUT2D eigenvalue weighted by molar-refractivity contribution is 5.83. The summed E-state index contributed by atoms with van der Waals surface area (Å²) >= 11 is 0. The van der Waals surface area contributed by atoms with Gasteiger partial charge in [0.2, 0.25) is 6.41 Å². The van der Waals surface area contributed by atoms with E-state index in [0.717, 1.165) is 10.7 Å². The molecule has 0 fully saturated rings. The SMILES string of the molecule is COCOc1cccc(OCOC)c1N(C=O)CCn1ccc(C(F)(F)F)n1. The first-order valence-electron chi connectivity index (χ1n) is 8.09. The largest absolute Gasteiger partial charge is 0.465 e. The number of benzene rings is 1. The topological polar surface area (TPSA) is 75.1 Å². The molecule has 1 aromatic heterocycles. The minimum atomic E-state index is -4.53. The molecular formula is C17H20F3N3O5. The standard InChI is InChI=1S/C17H20F3N3O5/c1-25-11-27-13-4-3-5-14(28-12-26-2)16(13)22(10-24)8-9-23-7-6-15(21-23)17(18,19)20/h3-7,10H,8-9,11-12H2,1-2H3. The van der Waals surface area contributed by atoms with Gasteiger partial charge in [-0.3, -0.25) is 9.48 Å². The fourth-order valence-electron chi connectivity index (χ4n) is 2.33. The number of alkyl halides is 3. The van der Waals surface area contributed by atoms with Gasteiger partial charge in [0.1, 0.15) is 17.2 Å². The minimum absolute atomic E-state index is 0.0250. The molecule has 0 aliphatic heterocycles.